The van der Waals surface area contributed by atoms with Crippen LogP contribution in [-0.2, 0) is 0 Å². The van der Waals surface area contributed by atoms with Crippen molar-refractivity contribution in [2.45, 2.75) is 8.97 Å². The first-order valence-corrected chi connectivity index (χ1v) is 9.27. The zero-order chi connectivity index (χ0) is 4.71. The Kier molecular flexibility index (Phi) is 41.5. The normalized spacial score (nSPS) is 4.40. The molecule has 0 aliphatic carbocycles. The Bertz CT molecular complexity index is 7.61. The molecule has 0 aromatic carbocycles. The van der Waals surface area contributed by atoms with Gasteiger partial charge in [-0.2, -0.15) is 0 Å². The van der Waals surface area contributed by atoms with Gasteiger partial charge in [-0.05, 0) is 0 Å². The Morgan fingerprint density at radius 2 is 1.20 bits per heavy atom. The van der Waals surface area contributed by atoms with Crippen LogP contribution in [-0.4, -0.2) is 24.2 Å². The van der Waals surface area contributed by atoms with E-state index in [0.29, 0.717) is 0 Å². The molecule has 0 unspecified atom stereocenters. The maximum atomic E-state index is 3.00. The SMILES string of the molecule is C=C.[CH3][Pb][CH3]. The summed E-state index contributed by atoms with van der Waals surface area (Å²) in [5, 5.41) is 0. The third-order valence-electron chi connectivity index (χ3n) is 0. The van der Waals surface area contributed by atoms with Crippen LogP contribution in [0.1, 0.15) is 0 Å². The topological polar surface area (TPSA) is 0 Å². The van der Waals surface area contributed by atoms with Crippen LogP contribution in [0.5, 0.6) is 0 Å². The van der Waals surface area contributed by atoms with Crippen LogP contribution in [0.15, 0.2) is 13.2 Å². The van der Waals surface area contributed by atoms with E-state index in [1.165, 1.54) is 0 Å². The summed E-state index contributed by atoms with van der Waals surface area (Å²) in [5.41, 5.74) is 0. The van der Waals surface area contributed by atoms with Crippen molar-refractivity contribution in [2.75, 3.05) is 0 Å². The van der Waals surface area contributed by atoms with Gasteiger partial charge in [0.2, 0.25) is 0 Å². The first-order valence-electron chi connectivity index (χ1n) is 1.50. The Labute approximate surface area is 46.5 Å². The molecular formula is C4H10Pb. The third-order valence-corrected chi connectivity index (χ3v) is 0. The van der Waals surface area contributed by atoms with Crippen LogP contribution in [0.2, 0.25) is 8.97 Å². The average Bonchev–Trinajstić information content (AvgIpc) is 1.46. The van der Waals surface area contributed by atoms with E-state index in [-0.39, 0.29) is 24.2 Å². The minimum absolute atomic E-state index is 0.0833. The Morgan fingerprint density at radius 1 is 1.20 bits per heavy atom. The van der Waals surface area contributed by atoms with Gasteiger partial charge >= 0.3 is 33.2 Å². The van der Waals surface area contributed by atoms with Crippen molar-refractivity contribution in [3.8, 4) is 0 Å². The molecule has 0 aromatic heterocycles. The van der Waals surface area contributed by atoms with Crippen molar-refractivity contribution in [3.05, 3.63) is 13.2 Å². The van der Waals surface area contributed by atoms with Crippen LogP contribution in [0.3, 0.4) is 0 Å². The number of hydrogen-bond donors (Lipinski definition) is 0. The second-order valence-electron chi connectivity index (χ2n) is 0.500. The van der Waals surface area contributed by atoms with Gasteiger partial charge in [0.15, 0.2) is 0 Å². The molecule has 0 rings (SSSR count). The molecule has 0 bridgehead atoms. The fraction of sp³-hybridized carbons (Fsp3) is 0.500. The van der Waals surface area contributed by atoms with E-state index in [1.807, 2.05) is 0 Å². The van der Waals surface area contributed by atoms with Crippen LogP contribution >= 0.6 is 0 Å². The van der Waals surface area contributed by atoms with Gasteiger partial charge in [0.05, 0.1) is 0 Å². The second-order valence-corrected chi connectivity index (χ2v) is 4.39. The summed E-state index contributed by atoms with van der Waals surface area (Å²) in [4.78, 5) is 0. The molecule has 0 aliphatic heterocycles. The molecule has 0 amide bonds. The molecule has 0 nitrogen and oxygen atoms in total. The Morgan fingerprint density at radius 3 is 1.20 bits per heavy atom. The molecule has 0 fully saturated rings. The van der Waals surface area contributed by atoms with Crippen molar-refractivity contribution in [1.29, 1.82) is 0 Å². The Hall–Kier alpha value is 0.662. The van der Waals surface area contributed by atoms with Gasteiger partial charge < -0.3 is 0 Å². The average molecular weight is 265 g/mol. The van der Waals surface area contributed by atoms with Crippen molar-refractivity contribution in [3.63, 3.8) is 0 Å². The molecular weight excluding hydrogens is 255 g/mol. The van der Waals surface area contributed by atoms with Gasteiger partial charge in [0.1, 0.15) is 0 Å². The third kappa shape index (κ3) is 75.4. The van der Waals surface area contributed by atoms with E-state index < -0.39 is 0 Å². The fourth-order valence-corrected chi connectivity index (χ4v) is 0. The second kappa shape index (κ2) is 22.6. The zero-order valence-electron chi connectivity index (χ0n) is 3.91. The molecule has 30 valence electrons. The van der Waals surface area contributed by atoms with Crippen molar-refractivity contribution in [2.24, 2.45) is 0 Å². The van der Waals surface area contributed by atoms with Crippen molar-refractivity contribution >= 4 is 24.2 Å². The van der Waals surface area contributed by atoms with Gasteiger partial charge in [-0.3, -0.25) is 0 Å². The van der Waals surface area contributed by atoms with Gasteiger partial charge in [-0.25, -0.2) is 0 Å². The molecule has 0 saturated heterocycles. The predicted molar refractivity (Wildman–Crippen MR) is 28.7 cm³/mol. The summed E-state index contributed by atoms with van der Waals surface area (Å²) in [6, 6.07) is 0. The van der Waals surface area contributed by atoms with Crippen molar-refractivity contribution < 1.29 is 0 Å². The first-order chi connectivity index (χ1) is 2.41. The number of hydrogen-bond acceptors (Lipinski definition) is 0. The van der Waals surface area contributed by atoms with Crippen LogP contribution in [0.25, 0.3) is 0 Å². The monoisotopic (exact) mass is 266 g/mol. The summed E-state index contributed by atoms with van der Waals surface area (Å²) in [5.74, 6) is 0. The molecule has 5 heavy (non-hydrogen) atoms. The fourth-order valence-electron chi connectivity index (χ4n) is 0. The number of rotatable bonds is 0. The van der Waals surface area contributed by atoms with Gasteiger partial charge in [-0.1, -0.05) is 0 Å². The van der Waals surface area contributed by atoms with Crippen LogP contribution in [0, 0.1) is 0 Å². The quantitative estimate of drug-likeness (QED) is 0.461. The van der Waals surface area contributed by atoms with Crippen LogP contribution in [0.4, 0.5) is 0 Å². The molecule has 0 aliphatic rings. The molecule has 0 saturated carbocycles. The molecule has 0 atom stereocenters. The van der Waals surface area contributed by atoms with E-state index in [1.54, 1.807) is 0 Å². The van der Waals surface area contributed by atoms with Gasteiger partial charge in [0, 0.05) is 0 Å². The predicted octanol–water partition coefficient (Wildman–Crippen LogP) is 1.59. The summed E-state index contributed by atoms with van der Waals surface area (Å²) in [7, 11) is 0. The van der Waals surface area contributed by atoms with E-state index >= 15 is 0 Å². The molecule has 1 heteroatoms. The summed E-state index contributed by atoms with van der Waals surface area (Å²) in [6.45, 7) is 6.00. The maximum absolute atomic E-state index is 3.00. The molecule has 2 radical (unpaired) electrons. The summed E-state index contributed by atoms with van der Waals surface area (Å²) in [6.07, 6.45) is 0. The molecule has 0 heterocycles. The molecule has 0 spiro atoms. The molecule has 0 N–H and O–H groups in total. The van der Waals surface area contributed by atoms with Gasteiger partial charge in [-0.15, -0.1) is 13.2 Å². The van der Waals surface area contributed by atoms with Crippen molar-refractivity contribution in [1.82, 2.24) is 0 Å². The van der Waals surface area contributed by atoms with Gasteiger partial charge in [0.25, 0.3) is 0 Å². The summed E-state index contributed by atoms with van der Waals surface area (Å²) < 4.78 is 4.64. The minimum atomic E-state index is 0.0833. The Balaban J connectivity index is 0. The molecule has 0 aromatic rings. The van der Waals surface area contributed by atoms with E-state index in [0.717, 1.165) is 0 Å². The summed E-state index contributed by atoms with van der Waals surface area (Å²) >= 11 is 0.0833. The standard InChI is InChI=1S/C2H4.2CH3.Pb/c1-2;;;/h1-2H2;2*1H3;. The first kappa shape index (κ1) is 9.18. The van der Waals surface area contributed by atoms with E-state index in [2.05, 4.69) is 22.1 Å². The van der Waals surface area contributed by atoms with Crippen LogP contribution < -0.4 is 0 Å². The van der Waals surface area contributed by atoms with E-state index in [9.17, 15) is 0 Å². The van der Waals surface area contributed by atoms with E-state index in [4.69, 9.17) is 0 Å². The zero-order valence-corrected chi connectivity index (χ0v) is 7.80.